The molecule has 2 aromatic rings. The zero-order valence-electron chi connectivity index (χ0n) is 10.8. The van der Waals surface area contributed by atoms with Gasteiger partial charge in [0.05, 0.1) is 37.2 Å². The highest BCUT2D eigenvalue weighted by Gasteiger charge is 2.07. The third-order valence-corrected chi connectivity index (χ3v) is 2.75. The van der Waals surface area contributed by atoms with Gasteiger partial charge in [-0.2, -0.15) is 5.26 Å². The van der Waals surface area contributed by atoms with E-state index in [1.807, 2.05) is 19.1 Å². The highest BCUT2D eigenvalue weighted by Crippen LogP contribution is 2.17. The van der Waals surface area contributed by atoms with E-state index in [0.29, 0.717) is 17.3 Å². The Morgan fingerprint density at radius 1 is 1.21 bits per heavy atom. The number of nitrogens with one attached hydrogen (secondary N) is 1. The highest BCUT2D eigenvalue weighted by molar-refractivity contribution is 5.36. The Bertz CT molecular complexity index is 572. The summed E-state index contributed by atoms with van der Waals surface area (Å²) in [5.74, 6) is 1.16. The normalized spacial score (nSPS) is 11.4. The van der Waals surface area contributed by atoms with Crippen molar-refractivity contribution in [2.75, 3.05) is 12.4 Å². The van der Waals surface area contributed by atoms with Crippen molar-refractivity contribution in [1.82, 2.24) is 9.97 Å². The number of nitriles is 1. The molecule has 0 spiro atoms. The number of rotatable bonds is 4. The summed E-state index contributed by atoms with van der Waals surface area (Å²) in [4.78, 5) is 8.30. The number of benzene rings is 1. The van der Waals surface area contributed by atoms with Gasteiger partial charge in [0.2, 0.25) is 5.95 Å². The fourth-order valence-corrected chi connectivity index (χ4v) is 1.62. The average Bonchev–Trinajstić information content (AvgIpc) is 2.48. The number of ether oxygens (including phenoxy) is 1. The van der Waals surface area contributed by atoms with Crippen LogP contribution in [0, 0.1) is 11.3 Å². The molecule has 0 aliphatic heterocycles. The summed E-state index contributed by atoms with van der Waals surface area (Å²) in [7, 11) is 1.57. The van der Waals surface area contributed by atoms with E-state index >= 15 is 0 Å². The van der Waals surface area contributed by atoms with Crippen LogP contribution in [-0.4, -0.2) is 17.1 Å². The van der Waals surface area contributed by atoms with E-state index in [1.54, 1.807) is 31.6 Å². The van der Waals surface area contributed by atoms with E-state index in [9.17, 15) is 0 Å². The molecule has 2 rings (SSSR count). The highest BCUT2D eigenvalue weighted by atomic mass is 16.5. The number of hydrogen-bond acceptors (Lipinski definition) is 5. The number of nitrogens with zero attached hydrogens (tertiary/aromatic N) is 3. The van der Waals surface area contributed by atoms with Crippen molar-refractivity contribution in [1.29, 1.82) is 5.26 Å². The molecule has 0 bridgehead atoms. The maximum Gasteiger partial charge on any atom is 0.223 e. The molecule has 96 valence electrons. The quantitative estimate of drug-likeness (QED) is 0.907. The number of hydrogen-bond donors (Lipinski definition) is 1. The van der Waals surface area contributed by atoms with Crippen molar-refractivity contribution in [2.45, 2.75) is 13.0 Å². The first kappa shape index (κ1) is 12.8. The molecule has 5 nitrogen and oxygen atoms in total. The van der Waals surface area contributed by atoms with Crippen molar-refractivity contribution in [3.63, 3.8) is 0 Å². The van der Waals surface area contributed by atoms with Gasteiger partial charge in [-0.25, -0.2) is 9.97 Å². The minimum atomic E-state index is 0.0566. The predicted octanol–water partition coefficient (Wildman–Crippen LogP) is 2.53. The van der Waals surface area contributed by atoms with Crippen LogP contribution >= 0.6 is 0 Å². The molecule has 0 radical (unpaired) electrons. The molecule has 1 aromatic heterocycles. The third kappa shape index (κ3) is 3.19. The standard InChI is InChI=1S/C14H14N4O/c1-10(12-5-3-11(7-15)4-6-12)18-14-16-8-13(19-2)9-17-14/h3-6,8-10H,1-2H3,(H,16,17,18). The van der Waals surface area contributed by atoms with Crippen LogP contribution in [0.15, 0.2) is 36.7 Å². The Hall–Kier alpha value is -2.61. The first-order valence-electron chi connectivity index (χ1n) is 5.85. The lowest BCUT2D eigenvalue weighted by molar-refractivity contribution is 0.411. The molecular weight excluding hydrogens is 240 g/mol. The van der Waals surface area contributed by atoms with Crippen LogP contribution in [-0.2, 0) is 0 Å². The van der Waals surface area contributed by atoms with Crippen molar-refractivity contribution in [3.05, 3.63) is 47.8 Å². The lowest BCUT2D eigenvalue weighted by Crippen LogP contribution is -2.09. The van der Waals surface area contributed by atoms with Crippen LogP contribution in [0.3, 0.4) is 0 Å². The van der Waals surface area contributed by atoms with Crippen LogP contribution < -0.4 is 10.1 Å². The van der Waals surface area contributed by atoms with Gasteiger partial charge in [0.15, 0.2) is 5.75 Å². The van der Waals surface area contributed by atoms with E-state index in [2.05, 4.69) is 21.4 Å². The van der Waals surface area contributed by atoms with Crippen molar-refractivity contribution >= 4 is 5.95 Å². The van der Waals surface area contributed by atoms with Crippen LogP contribution in [0.1, 0.15) is 24.1 Å². The second-order valence-electron chi connectivity index (χ2n) is 4.05. The summed E-state index contributed by atoms with van der Waals surface area (Å²) >= 11 is 0. The topological polar surface area (TPSA) is 70.8 Å². The van der Waals surface area contributed by atoms with Gasteiger partial charge in [-0.1, -0.05) is 12.1 Å². The molecule has 0 amide bonds. The van der Waals surface area contributed by atoms with Gasteiger partial charge in [0, 0.05) is 0 Å². The van der Waals surface area contributed by atoms with Gasteiger partial charge >= 0.3 is 0 Å². The number of aromatic nitrogens is 2. The molecule has 1 N–H and O–H groups in total. The van der Waals surface area contributed by atoms with Gasteiger partial charge in [-0.15, -0.1) is 0 Å². The van der Waals surface area contributed by atoms with E-state index in [1.165, 1.54) is 0 Å². The summed E-state index contributed by atoms with van der Waals surface area (Å²) in [5, 5.41) is 11.9. The van der Waals surface area contributed by atoms with Crippen LogP contribution in [0.4, 0.5) is 5.95 Å². The maximum absolute atomic E-state index is 8.75. The van der Waals surface area contributed by atoms with Crippen molar-refractivity contribution < 1.29 is 4.74 Å². The molecule has 1 aromatic carbocycles. The minimum absolute atomic E-state index is 0.0566. The molecule has 5 heteroatoms. The first-order chi connectivity index (χ1) is 9.22. The Morgan fingerprint density at radius 3 is 2.37 bits per heavy atom. The third-order valence-electron chi connectivity index (χ3n) is 2.75. The Labute approximate surface area is 111 Å². The number of methoxy groups -OCH3 is 1. The monoisotopic (exact) mass is 254 g/mol. The SMILES string of the molecule is COc1cnc(NC(C)c2ccc(C#N)cc2)nc1. The summed E-state index contributed by atoms with van der Waals surface area (Å²) in [6.45, 7) is 2.01. The van der Waals surface area contributed by atoms with Crippen LogP contribution in [0.5, 0.6) is 5.75 Å². The van der Waals surface area contributed by atoms with Gasteiger partial charge < -0.3 is 10.1 Å². The van der Waals surface area contributed by atoms with Gasteiger partial charge in [-0.3, -0.25) is 0 Å². The average molecular weight is 254 g/mol. The largest absolute Gasteiger partial charge is 0.494 e. The molecule has 1 atom stereocenters. The zero-order valence-corrected chi connectivity index (χ0v) is 10.8. The first-order valence-corrected chi connectivity index (χ1v) is 5.85. The van der Waals surface area contributed by atoms with E-state index in [-0.39, 0.29) is 6.04 Å². The van der Waals surface area contributed by atoms with Crippen LogP contribution in [0.25, 0.3) is 0 Å². The molecule has 1 unspecified atom stereocenters. The van der Waals surface area contributed by atoms with Gasteiger partial charge in [-0.05, 0) is 24.6 Å². The summed E-state index contributed by atoms with van der Waals surface area (Å²) in [5.41, 5.74) is 1.72. The van der Waals surface area contributed by atoms with Gasteiger partial charge in [0.25, 0.3) is 0 Å². The number of anilines is 1. The lowest BCUT2D eigenvalue weighted by Gasteiger charge is -2.14. The molecule has 0 aliphatic rings. The second-order valence-corrected chi connectivity index (χ2v) is 4.05. The second kappa shape index (κ2) is 5.83. The van der Waals surface area contributed by atoms with E-state index in [4.69, 9.17) is 10.00 Å². The van der Waals surface area contributed by atoms with Crippen LogP contribution in [0.2, 0.25) is 0 Å². The molecule has 0 saturated carbocycles. The Morgan fingerprint density at radius 2 is 1.84 bits per heavy atom. The summed E-state index contributed by atoms with van der Waals surface area (Å²) in [6.07, 6.45) is 3.22. The van der Waals surface area contributed by atoms with Gasteiger partial charge in [0.1, 0.15) is 0 Å². The zero-order chi connectivity index (χ0) is 13.7. The molecule has 0 aliphatic carbocycles. The fraction of sp³-hybridized carbons (Fsp3) is 0.214. The predicted molar refractivity (Wildman–Crippen MR) is 71.8 cm³/mol. The minimum Gasteiger partial charge on any atom is -0.494 e. The molecule has 19 heavy (non-hydrogen) atoms. The Balaban J connectivity index is 2.06. The summed E-state index contributed by atoms with van der Waals surface area (Å²) in [6, 6.07) is 9.57. The van der Waals surface area contributed by atoms with E-state index in [0.717, 1.165) is 5.56 Å². The molecule has 0 saturated heterocycles. The Kier molecular flexibility index (Phi) is 3.94. The maximum atomic E-state index is 8.75. The smallest absolute Gasteiger partial charge is 0.223 e. The van der Waals surface area contributed by atoms with Crippen molar-refractivity contribution in [2.24, 2.45) is 0 Å². The summed E-state index contributed by atoms with van der Waals surface area (Å²) < 4.78 is 5.00. The molecule has 0 fully saturated rings. The van der Waals surface area contributed by atoms with E-state index < -0.39 is 0 Å². The fourth-order valence-electron chi connectivity index (χ4n) is 1.62. The molecule has 1 heterocycles. The molecular formula is C14H14N4O. The lowest BCUT2D eigenvalue weighted by atomic mass is 10.1. The van der Waals surface area contributed by atoms with Crippen molar-refractivity contribution in [3.8, 4) is 11.8 Å².